The van der Waals surface area contributed by atoms with Crippen LogP contribution in [0.1, 0.15) is 25.0 Å². The van der Waals surface area contributed by atoms with Crippen molar-refractivity contribution in [2.75, 3.05) is 0 Å². The summed E-state index contributed by atoms with van der Waals surface area (Å²) in [7, 11) is 0. The van der Waals surface area contributed by atoms with Crippen LogP contribution in [0, 0.1) is 7.14 Å². The first-order valence-corrected chi connectivity index (χ1v) is 8.30. The van der Waals surface area contributed by atoms with E-state index in [-0.39, 0.29) is 21.2 Å². The third kappa shape index (κ3) is 3.56. The van der Waals surface area contributed by atoms with E-state index in [0.717, 1.165) is 12.8 Å². The first-order chi connectivity index (χ1) is 8.31. The Labute approximate surface area is 114 Å². The van der Waals surface area contributed by atoms with E-state index in [1.165, 1.54) is 18.3 Å². The van der Waals surface area contributed by atoms with E-state index < -0.39 is 0 Å². The molecule has 0 saturated heterocycles. The van der Waals surface area contributed by atoms with E-state index in [9.17, 15) is 0 Å². The third-order valence-corrected chi connectivity index (χ3v) is 5.55. The Balaban J connectivity index is 2.08. The van der Waals surface area contributed by atoms with Crippen molar-refractivity contribution in [2.45, 2.75) is 26.7 Å². The van der Waals surface area contributed by atoms with Crippen molar-refractivity contribution in [1.29, 1.82) is 0 Å². The fourth-order valence-corrected chi connectivity index (χ4v) is 3.85. The van der Waals surface area contributed by atoms with Crippen LogP contribution in [0.25, 0.3) is 0 Å². The van der Waals surface area contributed by atoms with Gasteiger partial charge in [-0.1, -0.05) is 0 Å². The van der Waals surface area contributed by atoms with Gasteiger partial charge in [-0.2, -0.15) is 0 Å². The van der Waals surface area contributed by atoms with Crippen LogP contribution in [-0.4, -0.2) is 0 Å². The van der Waals surface area contributed by atoms with Crippen molar-refractivity contribution in [3.63, 3.8) is 0 Å². The maximum atomic E-state index is 2.29. The molecular formula is C16H18I-. The van der Waals surface area contributed by atoms with Gasteiger partial charge < -0.3 is 0 Å². The summed E-state index contributed by atoms with van der Waals surface area (Å²) in [6.07, 6.45) is 2.26. The van der Waals surface area contributed by atoms with Gasteiger partial charge >= 0.3 is 115 Å². The molecule has 2 aromatic carbocycles. The van der Waals surface area contributed by atoms with E-state index in [2.05, 4.69) is 62.4 Å². The topological polar surface area (TPSA) is 0 Å². The molecular weight excluding hydrogens is 319 g/mol. The summed E-state index contributed by atoms with van der Waals surface area (Å²) >= 11 is -0.00746. The molecule has 0 unspecified atom stereocenters. The molecule has 0 amide bonds. The first kappa shape index (κ1) is 12.6. The normalized spacial score (nSPS) is 10.7. The molecule has 2 rings (SSSR count). The number of halogens is 1. The van der Waals surface area contributed by atoms with Crippen molar-refractivity contribution in [3.8, 4) is 0 Å². The van der Waals surface area contributed by atoms with Crippen LogP contribution in [0.5, 0.6) is 0 Å². The van der Waals surface area contributed by atoms with Crippen molar-refractivity contribution in [1.82, 2.24) is 0 Å². The van der Waals surface area contributed by atoms with Crippen LogP contribution in [-0.2, 0) is 12.8 Å². The van der Waals surface area contributed by atoms with Crippen molar-refractivity contribution in [2.24, 2.45) is 0 Å². The SMILES string of the molecule is CCc1ccc([I-]c2ccc(CC)cc2)cc1. The third-order valence-electron chi connectivity index (χ3n) is 2.86. The molecule has 1 heteroatoms. The standard InChI is InChI=1S/C16H18I/c1-3-13-5-9-15(10-6-13)17-16-11-7-14(4-2)8-12-16/h5-12H,3-4H2,1-2H3/q-1. The monoisotopic (exact) mass is 337 g/mol. The molecule has 0 aliphatic rings. The van der Waals surface area contributed by atoms with Crippen molar-refractivity contribution in [3.05, 3.63) is 66.8 Å². The molecule has 0 saturated carbocycles. The van der Waals surface area contributed by atoms with Gasteiger partial charge in [-0.3, -0.25) is 0 Å². The Morgan fingerprint density at radius 3 is 1.29 bits per heavy atom. The summed E-state index contributed by atoms with van der Waals surface area (Å²) in [5, 5.41) is 0. The van der Waals surface area contributed by atoms with Crippen LogP contribution in [0.3, 0.4) is 0 Å². The molecule has 2 aromatic rings. The average molecular weight is 337 g/mol. The number of hydrogen-bond donors (Lipinski definition) is 0. The van der Waals surface area contributed by atoms with Crippen LogP contribution in [0.15, 0.2) is 48.5 Å². The molecule has 0 N–H and O–H groups in total. The second-order valence-corrected chi connectivity index (χ2v) is 7.09. The first-order valence-electron chi connectivity index (χ1n) is 6.14. The maximum absolute atomic E-state index is 2.29. The second kappa shape index (κ2) is 6.20. The van der Waals surface area contributed by atoms with E-state index in [1.807, 2.05) is 0 Å². The summed E-state index contributed by atoms with van der Waals surface area (Å²) in [6, 6.07) is 18.2. The summed E-state index contributed by atoms with van der Waals surface area (Å²) in [5.41, 5.74) is 2.86. The van der Waals surface area contributed by atoms with Gasteiger partial charge in [0.05, 0.1) is 0 Å². The predicted molar refractivity (Wildman–Crippen MR) is 69.0 cm³/mol. The predicted octanol–water partition coefficient (Wildman–Crippen LogP) is 0.940. The van der Waals surface area contributed by atoms with Gasteiger partial charge in [0.1, 0.15) is 0 Å². The summed E-state index contributed by atoms with van der Waals surface area (Å²) < 4.78 is 3.01. The number of benzene rings is 2. The molecule has 0 radical (unpaired) electrons. The molecule has 0 nitrogen and oxygen atoms in total. The Hall–Kier alpha value is -0.830. The van der Waals surface area contributed by atoms with E-state index >= 15 is 0 Å². The van der Waals surface area contributed by atoms with Gasteiger partial charge in [-0.25, -0.2) is 0 Å². The van der Waals surface area contributed by atoms with Gasteiger partial charge in [0.15, 0.2) is 0 Å². The average Bonchev–Trinajstić information content (AvgIpc) is 2.40. The zero-order valence-corrected chi connectivity index (χ0v) is 12.6. The van der Waals surface area contributed by atoms with Crippen LogP contribution in [0.2, 0.25) is 0 Å². The van der Waals surface area contributed by atoms with Gasteiger partial charge in [0.25, 0.3) is 0 Å². The molecule has 0 spiro atoms. The van der Waals surface area contributed by atoms with Gasteiger partial charge in [-0.05, 0) is 0 Å². The molecule has 0 atom stereocenters. The number of aryl methyl sites for hydroxylation is 2. The molecule has 0 aliphatic heterocycles. The molecule has 0 heterocycles. The number of hydrogen-bond acceptors (Lipinski definition) is 0. The zero-order valence-electron chi connectivity index (χ0n) is 10.4. The second-order valence-electron chi connectivity index (χ2n) is 4.05. The molecule has 17 heavy (non-hydrogen) atoms. The Kier molecular flexibility index (Phi) is 4.60. The van der Waals surface area contributed by atoms with Crippen molar-refractivity contribution < 1.29 is 21.2 Å². The minimum atomic E-state index is -0.00746. The van der Waals surface area contributed by atoms with E-state index in [1.54, 1.807) is 0 Å². The zero-order chi connectivity index (χ0) is 12.1. The van der Waals surface area contributed by atoms with Crippen molar-refractivity contribution >= 4 is 0 Å². The fourth-order valence-electron chi connectivity index (χ4n) is 1.69. The van der Waals surface area contributed by atoms with Gasteiger partial charge in [0.2, 0.25) is 0 Å². The molecule has 0 aliphatic carbocycles. The fraction of sp³-hybridized carbons (Fsp3) is 0.250. The quantitative estimate of drug-likeness (QED) is 0.729. The van der Waals surface area contributed by atoms with Crippen LogP contribution >= 0.6 is 0 Å². The van der Waals surface area contributed by atoms with Crippen LogP contribution in [0.4, 0.5) is 0 Å². The molecule has 0 aromatic heterocycles. The molecule has 0 bridgehead atoms. The summed E-state index contributed by atoms with van der Waals surface area (Å²) in [4.78, 5) is 0. The Morgan fingerprint density at radius 1 is 0.647 bits per heavy atom. The van der Waals surface area contributed by atoms with Crippen LogP contribution < -0.4 is 21.2 Å². The minimum absolute atomic E-state index is 0.00746. The Bertz CT molecular complexity index is 408. The summed E-state index contributed by atoms with van der Waals surface area (Å²) in [5.74, 6) is 0. The van der Waals surface area contributed by atoms with E-state index in [0.29, 0.717) is 0 Å². The van der Waals surface area contributed by atoms with E-state index in [4.69, 9.17) is 0 Å². The number of rotatable bonds is 4. The Morgan fingerprint density at radius 2 is 1.00 bits per heavy atom. The van der Waals surface area contributed by atoms with Gasteiger partial charge in [-0.15, -0.1) is 0 Å². The molecule has 90 valence electrons. The summed E-state index contributed by atoms with van der Waals surface area (Å²) in [6.45, 7) is 4.40. The van der Waals surface area contributed by atoms with Gasteiger partial charge in [0, 0.05) is 0 Å². The molecule has 0 fully saturated rings.